The SMILES string of the molecule is N=C(N)c1cc(F)ccc1Oc1ccc([N+](=O)[O-])cc1Cl. The van der Waals surface area contributed by atoms with Crippen molar-refractivity contribution in [3.05, 3.63) is 62.9 Å². The summed E-state index contributed by atoms with van der Waals surface area (Å²) in [6, 6.07) is 7.15. The molecule has 2 aromatic carbocycles. The largest absolute Gasteiger partial charge is 0.455 e. The number of hydrogen-bond acceptors (Lipinski definition) is 4. The molecular formula is C13H9ClFN3O3. The Bertz CT molecular complexity index is 737. The average Bonchev–Trinajstić information content (AvgIpc) is 2.42. The van der Waals surface area contributed by atoms with Crippen LogP contribution in [0.5, 0.6) is 11.5 Å². The van der Waals surface area contributed by atoms with Gasteiger partial charge in [0.15, 0.2) is 0 Å². The standard InChI is InChI=1S/C13H9ClFN3O3/c14-10-6-8(18(19)20)2-4-12(10)21-11-3-1-7(15)5-9(11)13(16)17/h1-6H,(H3,16,17). The average molecular weight is 310 g/mol. The maximum atomic E-state index is 13.2. The Kier molecular flexibility index (Phi) is 4.04. The van der Waals surface area contributed by atoms with Crippen LogP contribution in [-0.4, -0.2) is 10.8 Å². The molecule has 0 fully saturated rings. The van der Waals surface area contributed by atoms with Crippen LogP contribution in [0.3, 0.4) is 0 Å². The predicted molar refractivity (Wildman–Crippen MR) is 75.6 cm³/mol. The number of hydrogen-bond donors (Lipinski definition) is 2. The highest BCUT2D eigenvalue weighted by molar-refractivity contribution is 6.32. The van der Waals surface area contributed by atoms with Crippen molar-refractivity contribution >= 4 is 23.1 Å². The second-order valence-corrected chi connectivity index (χ2v) is 4.44. The number of nitrogens with zero attached hydrogens (tertiary/aromatic N) is 1. The molecule has 0 amide bonds. The first-order chi connectivity index (χ1) is 9.88. The summed E-state index contributed by atoms with van der Waals surface area (Å²) in [5.41, 5.74) is 5.23. The third kappa shape index (κ3) is 3.26. The van der Waals surface area contributed by atoms with Crippen LogP contribution in [0.15, 0.2) is 36.4 Å². The van der Waals surface area contributed by atoms with Gasteiger partial charge in [0, 0.05) is 12.1 Å². The minimum Gasteiger partial charge on any atom is -0.455 e. The highest BCUT2D eigenvalue weighted by Gasteiger charge is 2.14. The Balaban J connectivity index is 2.39. The van der Waals surface area contributed by atoms with Crippen molar-refractivity contribution in [1.82, 2.24) is 0 Å². The van der Waals surface area contributed by atoms with E-state index in [2.05, 4.69) is 0 Å². The summed E-state index contributed by atoms with van der Waals surface area (Å²) in [5.74, 6) is -0.680. The maximum Gasteiger partial charge on any atom is 0.271 e. The molecule has 0 saturated carbocycles. The first-order valence-electron chi connectivity index (χ1n) is 5.64. The van der Waals surface area contributed by atoms with Gasteiger partial charge in [0.25, 0.3) is 5.69 Å². The summed E-state index contributed by atoms with van der Waals surface area (Å²) in [5, 5.41) is 18.0. The molecule has 0 atom stereocenters. The van der Waals surface area contributed by atoms with E-state index in [9.17, 15) is 14.5 Å². The van der Waals surface area contributed by atoms with Gasteiger partial charge >= 0.3 is 0 Å². The Labute approximate surface area is 123 Å². The molecule has 8 heteroatoms. The molecule has 0 aliphatic rings. The number of nitro groups is 1. The first kappa shape index (κ1) is 14.7. The number of halogens is 2. The van der Waals surface area contributed by atoms with Gasteiger partial charge in [-0.3, -0.25) is 15.5 Å². The molecule has 21 heavy (non-hydrogen) atoms. The molecule has 0 bridgehead atoms. The quantitative estimate of drug-likeness (QED) is 0.390. The Morgan fingerprint density at radius 3 is 2.52 bits per heavy atom. The van der Waals surface area contributed by atoms with Crippen molar-refractivity contribution in [2.24, 2.45) is 5.73 Å². The smallest absolute Gasteiger partial charge is 0.271 e. The lowest BCUT2D eigenvalue weighted by atomic mass is 10.2. The first-order valence-corrected chi connectivity index (χ1v) is 6.02. The molecule has 3 N–H and O–H groups in total. The summed E-state index contributed by atoms with van der Waals surface area (Å²) in [6.45, 7) is 0. The van der Waals surface area contributed by atoms with Crippen LogP contribution in [0.25, 0.3) is 0 Å². The fraction of sp³-hybridized carbons (Fsp3) is 0. The highest BCUT2D eigenvalue weighted by Crippen LogP contribution is 2.33. The Morgan fingerprint density at radius 1 is 1.29 bits per heavy atom. The van der Waals surface area contributed by atoms with E-state index in [-0.39, 0.29) is 33.6 Å². The zero-order chi connectivity index (χ0) is 15.6. The van der Waals surface area contributed by atoms with E-state index >= 15 is 0 Å². The third-order valence-corrected chi connectivity index (χ3v) is 2.87. The number of benzene rings is 2. The van der Waals surface area contributed by atoms with Gasteiger partial charge in [-0.05, 0) is 24.3 Å². The number of amidine groups is 1. The van der Waals surface area contributed by atoms with Gasteiger partial charge in [-0.1, -0.05) is 11.6 Å². The maximum absolute atomic E-state index is 13.2. The van der Waals surface area contributed by atoms with E-state index < -0.39 is 10.7 Å². The lowest BCUT2D eigenvalue weighted by Crippen LogP contribution is -2.12. The van der Waals surface area contributed by atoms with Crippen LogP contribution < -0.4 is 10.5 Å². The van der Waals surface area contributed by atoms with Crippen molar-refractivity contribution in [3.8, 4) is 11.5 Å². The molecule has 0 aliphatic heterocycles. The second kappa shape index (κ2) is 5.76. The van der Waals surface area contributed by atoms with Crippen LogP contribution in [0.4, 0.5) is 10.1 Å². The number of nitrogens with two attached hydrogens (primary N) is 1. The molecule has 0 aromatic heterocycles. The third-order valence-electron chi connectivity index (χ3n) is 2.58. The van der Waals surface area contributed by atoms with Crippen LogP contribution in [-0.2, 0) is 0 Å². The van der Waals surface area contributed by atoms with Gasteiger partial charge in [-0.25, -0.2) is 4.39 Å². The van der Waals surface area contributed by atoms with Crippen LogP contribution in [0.2, 0.25) is 5.02 Å². The topological polar surface area (TPSA) is 102 Å². The van der Waals surface area contributed by atoms with Gasteiger partial charge < -0.3 is 10.5 Å². The Morgan fingerprint density at radius 2 is 1.95 bits per heavy atom. The van der Waals surface area contributed by atoms with Gasteiger partial charge in [0.1, 0.15) is 23.2 Å². The van der Waals surface area contributed by atoms with E-state index in [0.29, 0.717) is 0 Å². The minimum atomic E-state index is -0.589. The van der Waals surface area contributed by atoms with Crippen LogP contribution in [0, 0.1) is 21.3 Å². The van der Waals surface area contributed by atoms with E-state index in [4.69, 9.17) is 27.5 Å². The van der Waals surface area contributed by atoms with Crippen molar-refractivity contribution in [2.75, 3.05) is 0 Å². The highest BCUT2D eigenvalue weighted by atomic mass is 35.5. The zero-order valence-corrected chi connectivity index (χ0v) is 11.2. The normalized spacial score (nSPS) is 10.2. The van der Waals surface area contributed by atoms with Crippen LogP contribution in [0.1, 0.15) is 5.56 Å². The molecule has 2 rings (SSSR count). The summed E-state index contributed by atoms with van der Waals surface area (Å²) < 4.78 is 18.6. The van der Waals surface area contributed by atoms with Gasteiger partial charge in [0.2, 0.25) is 0 Å². The van der Waals surface area contributed by atoms with Gasteiger partial charge in [-0.2, -0.15) is 0 Å². The fourth-order valence-corrected chi connectivity index (χ4v) is 1.82. The molecule has 0 unspecified atom stereocenters. The monoisotopic (exact) mass is 309 g/mol. The van der Waals surface area contributed by atoms with E-state index in [1.807, 2.05) is 0 Å². The molecular weight excluding hydrogens is 301 g/mol. The van der Waals surface area contributed by atoms with Crippen LogP contribution >= 0.6 is 11.6 Å². The van der Waals surface area contributed by atoms with Crippen molar-refractivity contribution < 1.29 is 14.1 Å². The molecule has 0 saturated heterocycles. The van der Waals surface area contributed by atoms with E-state index in [1.54, 1.807) is 0 Å². The van der Waals surface area contributed by atoms with Crippen molar-refractivity contribution in [2.45, 2.75) is 0 Å². The molecule has 2 aromatic rings. The molecule has 6 nitrogen and oxygen atoms in total. The molecule has 108 valence electrons. The second-order valence-electron chi connectivity index (χ2n) is 4.03. The molecule has 0 heterocycles. The number of rotatable bonds is 4. The molecule has 0 spiro atoms. The van der Waals surface area contributed by atoms with Gasteiger partial charge in [-0.15, -0.1) is 0 Å². The number of non-ortho nitro benzene ring substituents is 1. The predicted octanol–water partition coefficient (Wildman–Crippen LogP) is 3.46. The summed E-state index contributed by atoms with van der Waals surface area (Å²) >= 11 is 5.90. The summed E-state index contributed by atoms with van der Waals surface area (Å²) in [6.07, 6.45) is 0. The number of nitro benzene ring substituents is 1. The molecule has 0 aliphatic carbocycles. The molecule has 0 radical (unpaired) electrons. The number of nitrogens with one attached hydrogen (secondary N) is 1. The van der Waals surface area contributed by atoms with Crippen molar-refractivity contribution in [1.29, 1.82) is 5.41 Å². The minimum absolute atomic E-state index is 0.0167. The number of ether oxygens (including phenoxy) is 1. The van der Waals surface area contributed by atoms with Crippen molar-refractivity contribution in [3.63, 3.8) is 0 Å². The van der Waals surface area contributed by atoms with E-state index in [0.717, 1.165) is 18.2 Å². The lowest BCUT2D eigenvalue weighted by molar-refractivity contribution is -0.384. The number of nitrogen functional groups attached to an aromatic ring is 1. The van der Waals surface area contributed by atoms with E-state index in [1.165, 1.54) is 18.2 Å². The summed E-state index contributed by atoms with van der Waals surface area (Å²) in [7, 11) is 0. The summed E-state index contributed by atoms with van der Waals surface area (Å²) in [4.78, 5) is 10.0. The Hall–Kier alpha value is -2.67. The zero-order valence-electron chi connectivity index (χ0n) is 10.5. The lowest BCUT2D eigenvalue weighted by Gasteiger charge is -2.11. The van der Waals surface area contributed by atoms with Gasteiger partial charge in [0.05, 0.1) is 15.5 Å². The fourth-order valence-electron chi connectivity index (χ4n) is 1.61.